The normalized spacial score (nSPS) is 29.6. The molecule has 0 bridgehead atoms. The first kappa shape index (κ1) is 14.8. The fourth-order valence-corrected chi connectivity index (χ4v) is 4.80. The number of rotatable bonds is 2. The van der Waals surface area contributed by atoms with Crippen LogP contribution in [0, 0.1) is 5.92 Å². The second-order valence-corrected chi connectivity index (χ2v) is 7.24. The monoisotopic (exact) mass is 331 g/mol. The first-order chi connectivity index (χ1) is 12.3. The van der Waals surface area contributed by atoms with Gasteiger partial charge in [-0.3, -0.25) is 4.79 Å². The van der Waals surface area contributed by atoms with E-state index < -0.39 is 0 Å². The molecule has 1 fully saturated rings. The lowest BCUT2D eigenvalue weighted by atomic mass is 9.70. The molecule has 3 aliphatic rings. The van der Waals surface area contributed by atoms with Crippen LogP contribution >= 0.6 is 0 Å². The largest absolute Gasteiger partial charge is 0.496 e. The Bertz CT molecular complexity index is 829. The van der Waals surface area contributed by atoms with Gasteiger partial charge in [-0.2, -0.15) is 0 Å². The van der Waals surface area contributed by atoms with E-state index >= 15 is 0 Å². The summed E-state index contributed by atoms with van der Waals surface area (Å²) in [7, 11) is 0. The van der Waals surface area contributed by atoms with Crippen LogP contribution in [0.15, 0.2) is 66.9 Å². The van der Waals surface area contributed by atoms with Gasteiger partial charge in [0.15, 0.2) is 0 Å². The number of likely N-dealkylation sites (tertiary alicyclic amines) is 1. The zero-order valence-electron chi connectivity index (χ0n) is 14.0. The number of amides is 1. The first-order valence-electron chi connectivity index (χ1n) is 9.07. The third kappa shape index (κ3) is 2.30. The number of aryl methyl sites for hydroxylation is 1. The zero-order valence-corrected chi connectivity index (χ0v) is 14.0. The molecule has 3 nitrogen and oxygen atoms in total. The number of carbonyl (C=O) groups excluding carboxylic acids is 1. The van der Waals surface area contributed by atoms with Crippen LogP contribution < -0.4 is 0 Å². The van der Waals surface area contributed by atoms with E-state index in [2.05, 4.69) is 41.3 Å². The molecular formula is C22H21NO2. The molecule has 25 heavy (non-hydrogen) atoms. The van der Waals surface area contributed by atoms with Crippen LogP contribution in [0.4, 0.5) is 0 Å². The van der Waals surface area contributed by atoms with Crippen molar-refractivity contribution in [2.24, 2.45) is 5.92 Å². The van der Waals surface area contributed by atoms with Crippen molar-refractivity contribution >= 4 is 5.91 Å². The van der Waals surface area contributed by atoms with Crippen molar-refractivity contribution in [2.45, 2.75) is 37.5 Å². The molecule has 0 unspecified atom stereocenters. The van der Waals surface area contributed by atoms with Crippen LogP contribution in [0.5, 0.6) is 0 Å². The van der Waals surface area contributed by atoms with Gasteiger partial charge in [0.1, 0.15) is 6.10 Å². The number of fused-ring (bicyclic) bond motifs is 5. The lowest BCUT2D eigenvalue weighted by Gasteiger charge is -2.49. The first-order valence-corrected chi connectivity index (χ1v) is 9.07. The van der Waals surface area contributed by atoms with Gasteiger partial charge in [0.25, 0.3) is 0 Å². The maximum atomic E-state index is 13.2. The molecule has 0 saturated carbocycles. The Balaban J connectivity index is 1.56. The van der Waals surface area contributed by atoms with Crippen molar-refractivity contribution in [3.05, 3.63) is 83.6 Å². The highest BCUT2D eigenvalue weighted by Crippen LogP contribution is 2.46. The predicted molar refractivity (Wildman–Crippen MR) is 95.8 cm³/mol. The molecule has 1 amide bonds. The van der Waals surface area contributed by atoms with Gasteiger partial charge in [-0.15, -0.1) is 0 Å². The predicted octanol–water partition coefficient (Wildman–Crippen LogP) is 3.66. The topological polar surface area (TPSA) is 29.5 Å². The third-order valence-corrected chi connectivity index (χ3v) is 5.93. The number of nitrogens with zero attached hydrogens (tertiary/aromatic N) is 1. The fraction of sp³-hybridized carbons (Fsp3) is 0.318. The van der Waals surface area contributed by atoms with Crippen molar-refractivity contribution in [2.75, 3.05) is 0 Å². The maximum absolute atomic E-state index is 13.2. The standard InChI is InChI=1S/C22H21NO2/c24-22-18-12-13-25-21(18)20-17-9-5-4-8-16(17)10-11-19(20)23(22)14-15-6-2-1-3-7-15/h1-9,12-13,18-21H,10-11,14H2/t18-,19+,20-,21-/m0/s1. The second-order valence-electron chi connectivity index (χ2n) is 7.24. The Morgan fingerprint density at radius 3 is 2.72 bits per heavy atom. The van der Waals surface area contributed by atoms with E-state index in [4.69, 9.17) is 4.74 Å². The van der Waals surface area contributed by atoms with Crippen molar-refractivity contribution in [3.63, 3.8) is 0 Å². The van der Waals surface area contributed by atoms with Gasteiger partial charge in [-0.05, 0) is 35.6 Å². The van der Waals surface area contributed by atoms with Gasteiger partial charge >= 0.3 is 0 Å². The Morgan fingerprint density at radius 2 is 1.84 bits per heavy atom. The minimum atomic E-state index is -0.156. The number of ether oxygens (including phenoxy) is 1. The molecule has 2 aromatic rings. The summed E-state index contributed by atoms with van der Waals surface area (Å²) in [6.45, 7) is 0.681. The highest BCUT2D eigenvalue weighted by molar-refractivity contribution is 5.83. The zero-order chi connectivity index (χ0) is 16.8. The smallest absolute Gasteiger partial charge is 0.233 e. The summed E-state index contributed by atoms with van der Waals surface area (Å²) in [4.78, 5) is 15.3. The summed E-state index contributed by atoms with van der Waals surface area (Å²) in [5.74, 6) is 0.311. The minimum absolute atomic E-state index is 0.0500. The van der Waals surface area contributed by atoms with E-state index in [9.17, 15) is 4.79 Å². The molecule has 2 aromatic carbocycles. The average molecular weight is 331 g/mol. The third-order valence-electron chi connectivity index (χ3n) is 5.93. The summed E-state index contributed by atoms with van der Waals surface area (Å²) in [6.07, 6.45) is 5.66. The molecule has 1 aliphatic carbocycles. The molecule has 0 aromatic heterocycles. The van der Waals surface area contributed by atoms with Crippen molar-refractivity contribution in [3.8, 4) is 0 Å². The van der Waals surface area contributed by atoms with Crippen LogP contribution in [-0.2, 0) is 22.5 Å². The molecule has 0 spiro atoms. The Hall–Kier alpha value is -2.55. The van der Waals surface area contributed by atoms with E-state index in [-0.39, 0.29) is 29.9 Å². The number of piperidine rings is 1. The van der Waals surface area contributed by atoms with E-state index in [1.807, 2.05) is 24.3 Å². The van der Waals surface area contributed by atoms with Crippen LogP contribution in [0.2, 0.25) is 0 Å². The number of hydrogen-bond donors (Lipinski definition) is 0. The quantitative estimate of drug-likeness (QED) is 0.840. The van der Waals surface area contributed by atoms with Crippen LogP contribution in [0.1, 0.15) is 29.0 Å². The van der Waals surface area contributed by atoms with Gasteiger partial charge in [0.2, 0.25) is 5.91 Å². The molecule has 5 rings (SSSR count). The maximum Gasteiger partial charge on any atom is 0.233 e. The fourth-order valence-electron chi connectivity index (χ4n) is 4.80. The van der Waals surface area contributed by atoms with E-state index in [0.29, 0.717) is 6.54 Å². The number of hydrogen-bond acceptors (Lipinski definition) is 2. The molecular weight excluding hydrogens is 310 g/mol. The molecule has 1 saturated heterocycles. The molecule has 2 aliphatic heterocycles. The highest BCUT2D eigenvalue weighted by Gasteiger charge is 2.52. The Labute approximate surface area is 147 Å². The summed E-state index contributed by atoms with van der Waals surface area (Å²) in [5.41, 5.74) is 3.96. The molecule has 4 atom stereocenters. The Kier molecular flexibility index (Phi) is 3.40. The van der Waals surface area contributed by atoms with Crippen LogP contribution in [0.3, 0.4) is 0 Å². The summed E-state index contributed by atoms with van der Waals surface area (Å²) in [5, 5.41) is 0. The summed E-state index contributed by atoms with van der Waals surface area (Å²) < 4.78 is 5.92. The summed E-state index contributed by atoms with van der Waals surface area (Å²) >= 11 is 0. The lowest BCUT2D eigenvalue weighted by Crippen LogP contribution is -2.57. The van der Waals surface area contributed by atoms with Gasteiger partial charge in [0.05, 0.1) is 12.2 Å². The molecule has 3 heteroatoms. The SMILES string of the molecule is O=C1[C@H]2C=CO[C@@H]2[C@H]2c3ccccc3CC[C@H]2N1Cc1ccccc1. The van der Waals surface area contributed by atoms with Crippen molar-refractivity contribution in [1.29, 1.82) is 0 Å². The molecule has 126 valence electrons. The van der Waals surface area contributed by atoms with E-state index in [0.717, 1.165) is 12.8 Å². The van der Waals surface area contributed by atoms with Crippen LogP contribution in [-0.4, -0.2) is 23.0 Å². The molecule has 2 heterocycles. The minimum Gasteiger partial charge on any atom is -0.496 e. The van der Waals surface area contributed by atoms with Crippen molar-refractivity contribution < 1.29 is 9.53 Å². The Morgan fingerprint density at radius 1 is 1.04 bits per heavy atom. The lowest BCUT2D eigenvalue weighted by molar-refractivity contribution is -0.148. The average Bonchev–Trinajstić information content (AvgIpc) is 3.15. The molecule has 0 N–H and O–H groups in total. The van der Waals surface area contributed by atoms with Gasteiger partial charge in [-0.25, -0.2) is 0 Å². The molecule has 0 radical (unpaired) electrons. The van der Waals surface area contributed by atoms with Crippen molar-refractivity contribution in [1.82, 2.24) is 4.90 Å². The van der Waals surface area contributed by atoms with Gasteiger partial charge < -0.3 is 9.64 Å². The van der Waals surface area contributed by atoms with E-state index in [1.54, 1.807) is 6.26 Å². The highest BCUT2D eigenvalue weighted by atomic mass is 16.5. The van der Waals surface area contributed by atoms with Gasteiger partial charge in [0, 0.05) is 18.5 Å². The second kappa shape index (κ2) is 5.76. The number of carbonyl (C=O) groups is 1. The number of benzene rings is 2. The summed E-state index contributed by atoms with van der Waals surface area (Å²) in [6, 6.07) is 19.2. The van der Waals surface area contributed by atoms with Crippen LogP contribution in [0.25, 0.3) is 0 Å². The van der Waals surface area contributed by atoms with E-state index in [1.165, 1.54) is 16.7 Å². The van der Waals surface area contributed by atoms with Gasteiger partial charge in [-0.1, -0.05) is 54.6 Å².